The first-order valence-corrected chi connectivity index (χ1v) is 9.02. The van der Waals surface area contributed by atoms with E-state index in [-0.39, 0.29) is 18.4 Å². The summed E-state index contributed by atoms with van der Waals surface area (Å²) in [6.45, 7) is -0.172. The first-order chi connectivity index (χ1) is 10.2. The lowest BCUT2D eigenvalue weighted by molar-refractivity contribution is -0.124. The third-order valence-electron chi connectivity index (χ3n) is 3.18. The molecule has 0 aliphatic heterocycles. The number of anilines is 1. The van der Waals surface area contributed by atoms with E-state index in [1.807, 2.05) is 43.3 Å². The van der Waals surface area contributed by atoms with E-state index in [0.29, 0.717) is 12.2 Å². The minimum Gasteiger partial charge on any atom is -0.748 e. The highest BCUT2D eigenvalue weighted by Crippen LogP contribution is 2.16. The second-order valence-corrected chi connectivity index (χ2v) is 7.09. The smallest absolute Gasteiger partial charge is 0.224 e. The summed E-state index contributed by atoms with van der Waals surface area (Å²) in [4.78, 5) is 14.0. The Kier molecular flexibility index (Phi) is 7.18. The molecule has 0 radical (unpaired) electrons. The Morgan fingerprint density at radius 1 is 1.32 bits per heavy atom. The lowest BCUT2D eigenvalue weighted by Gasteiger charge is -2.17. The van der Waals surface area contributed by atoms with Gasteiger partial charge in [-0.1, -0.05) is 12.1 Å². The van der Waals surface area contributed by atoms with Crippen LogP contribution in [0.5, 0.6) is 0 Å². The van der Waals surface area contributed by atoms with Gasteiger partial charge in [0.1, 0.15) is 0 Å². The van der Waals surface area contributed by atoms with Gasteiger partial charge in [0, 0.05) is 32.1 Å². The molecule has 8 heteroatoms. The number of hydrogen-bond acceptors (Lipinski definition) is 6. The van der Waals surface area contributed by atoms with Crippen LogP contribution in [0.4, 0.5) is 5.69 Å². The Bertz CT molecular complexity index is 585. The minimum atomic E-state index is -4.31. The highest BCUT2D eigenvalue weighted by Gasteiger charge is 2.17. The predicted octanol–water partition coefficient (Wildman–Crippen LogP) is 0.503. The molecule has 1 N–H and O–H groups in total. The van der Waals surface area contributed by atoms with Gasteiger partial charge in [-0.2, -0.15) is 12.6 Å². The standard InChI is InChI=1S/C14H22N2O4S2/c1-16(2)13-5-3-11(4-6-13)9-12(10-21)14(17)15-7-8-22(18,19)20/h3-6,12,21H,7-10H2,1-2H3,(H,15,17)(H,18,19,20)/p-1. The van der Waals surface area contributed by atoms with Gasteiger partial charge in [0.05, 0.1) is 21.8 Å². The summed E-state index contributed by atoms with van der Waals surface area (Å²) >= 11 is 4.17. The van der Waals surface area contributed by atoms with Crippen LogP contribution in [0, 0.1) is 5.92 Å². The molecule has 22 heavy (non-hydrogen) atoms. The predicted molar refractivity (Wildman–Crippen MR) is 89.4 cm³/mol. The maximum absolute atomic E-state index is 12.0. The number of carbonyl (C=O) groups excluding carboxylic acids is 1. The summed E-state index contributed by atoms with van der Waals surface area (Å²) in [5, 5.41) is 2.46. The summed E-state index contributed by atoms with van der Waals surface area (Å²) in [5.41, 5.74) is 2.06. The molecule has 0 aliphatic carbocycles. The van der Waals surface area contributed by atoms with E-state index in [0.717, 1.165) is 11.3 Å². The molecule has 0 saturated carbocycles. The SMILES string of the molecule is CN(C)c1ccc(CC(CS)C(=O)NCCS(=O)(=O)[O-])cc1. The van der Waals surface area contributed by atoms with Crippen LogP contribution >= 0.6 is 12.6 Å². The molecule has 0 fully saturated rings. The highest BCUT2D eigenvalue weighted by molar-refractivity contribution is 7.85. The van der Waals surface area contributed by atoms with Crippen molar-refractivity contribution in [1.29, 1.82) is 0 Å². The van der Waals surface area contributed by atoms with Crippen LogP contribution in [0.25, 0.3) is 0 Å². The molecule has 1 unspecified atom stereocenters. The van der Waals surface area contributed by atoms with Gasteiger partial charge >= 0.3 is 0 Å². The van der Waals surface area contributed by atoms with E-state index in [1.165, 1.54) is 0 Å². The molecule has 0 aliphatic rings. The van der Waals surface area contributed by atoms with E-state index in [1.54, 1.807) is 0 Å². The Balaban J connectivity index is 2.58. The molecule has 1 amide bonds. The number of thiol groups is 1. The van der Waals surface area contributed by atoms with Gasteiger partial charge in [0.2, 0.25) is 5.91 Å². The van der Waals surface area contributed by atoms with E-state index in [9.17, 15) is 17.8 Å². The van der Waals surface area contributed by atoms with Gasteiger partial charge in [0.15, 0.2) is 0 Å². The van der Waals surface area contributed by atoms with Crippen LogP contribution < -0.4 is 10.2 Å². The molecule has 0 bridgehead atoms. The molecule has 0 spiro atoms. The van der Waals surface area contributed by atoms with Crippen molar-refractivity contribution in [2.24, 2.45) is 5.92 Å². The van der Waals surface area contributed by atoms with Crippen LogP contribution in [0.1, 0.15) is 5.56 Å². The zero-order valence-corrected chi connectivity index (χ0v) is 14.4. The molecule has 6 nitrogen and oxygen atoms in total. The molecule has 1 rings (SSSR count). The van der Waals surface area contributed by atoms with Gasteiger partial charge in [-0.3, -0.25) is 4.79 Å². The number of carbonyl (C=O) groups is 1. The van der Waals surface area contributed by atoms with E-state index < -0.39 is 15.9 Å². The monoisotopic (exact) mass is 345 g/mol. The highest BCUT2D eigenvalue weighted by atomic mass is 32.2. The quantitative estimate of drug-likeness (QED) is 0.529. The third-order valence-corrected chi connectivity index (χ3v) is 4.32. The Labute approximate surface area is 137 Å². The first-order valence-electron chi connectivity index (χ1n) is 6.81. The first kappa shape index (κ1) is 18.8. The van der Waals surface area contributed by atoms with Crippen molar-refractivity contribution in [3.05, 3.63) is 29.8 Å². The second-order valence-electron chi connectivity index (χ2n) is 5.20. The molecular weight excluding hydrogens is 324 g/mol. The minimum absolute atomic E-state index is 0.172. The Hall–Kier alpha value is -1.25. The number of benzene rings is 1. The van der Waals surface area contributed by atoms with Crippen molar-refractivity contribution in [3.63, 3.8) is 0 Å². The fourth-order valence-electron chi connectivity index (χ4n) is 1.90. The van der Waals surface area contributed by atoms with Crippen LogP contribution in [-0.2, 0) is 21.3 Å². The van der Waals surface area contributed by atoms with Crippen LogP contribution in [0.2, 0.25) is 0 Å². The van der Waals surface area contributed by atoms with Crippen LogP contribution in [0.3, 0.4) is 0 Å². The second kappa shape index (κ2) is 8.40. The summed E-state index contributed by atoms with van der Waals surface area (Å²) in [6, 6.07) is 7.82. The molecule has 1 aromatic rings. The molecule has 1 aromatic carbocycles. The largest absolute Gasteiger partial charge is 0.748 e. The van der Waals surface area contributed by atoms with Crippen molar-refractivity contribution in [2.45, 2.75) is 6.42 Å². The third kappa shape index (κ3) is 6.67. The number of nitrogens with one attached hydrogen (secondary N) is 1. The molecule has 0 saturated heterocycles. The summed E-state index contributed by atoms with van der Waals surface area (Å²) in [7, 11) is -0.418. The van der Waals surface area contributed by atoms with Crippen molar-refractivity contribution >= 4 is 34.3 Å². The average Bonchev–Trinajstić information content (AvgIpc) is 2.43. The van der Waals surface area contributed by atoms with E-state index >= 15 is 0 Å². The molecule has 1 atom stereocenters. The maximum atomic E-state index is 12.0. The van der Waals surface area contributed by atoms with E-state index in [2.05, 4.69) is 17.9 Å². The normalized spacial score (nSPS) is 12.7. The van der Waals surface area contributed by atoms with Crippen molar-refractivity contribution in [2.75, 3.05) is 37.0 Å². The lowest BCUT2D eigenvalue weighted by Crippen LogP contribution is -2.36. The zero-order valence-electron chi connectivity index (χ0n) is 12.7. The Morgan fingerprint density at radius 3 is 2.36 bits per heavy atom. The average molecular weight is 345 g/mol. The molecule has 0 heterocycles. The van der Waals surface area contributed by atoms with Gasteiger partial charge in [-0.25, -0.2) is 8.42 Å². The van der Waals surface area contributed by atoms with Crippen LogP contribution in [0.15, 0.2) is 24.3 Å². The van der Waals surface area contributed by atoms with Crippen molar-refractivity contribution in [1.82, 2.24) is 5.32 Å². The summed E-state index contributed by atoms with van der Waals surface area (Å²) in [5.74, 6) is -0.931. The van der Waals surface area contributed by atoms with E-state index in [4.69, 9.17) is 0 Å². The topological polar surface area (TPSA) is 89.5 Å². The van der Waals surface area contributed by atoms with Gasteiger partial charge in [-0.05, 0) is 24.1 Å². The van der Waals surface area contributed by atoms with Crippen molar-refractivity contribution < 1.29 is 17.8 Å². The van der Waals surface area contributed by atoms with Gasteiger partial charge < -0.3 is 14.8 Å². The van der Waals surface area contributed by atoms with Crippen molar-refractivity contribution in [3.8, 4) is 0 Å². The molecule has 124 valence electrons. The number of rotatable bonds is 8. The summed E-state index contributed by atoms with van der Waals surface area (Å²) < 4.78 is 31.5. The van der Waals surface area contributed by atoms with Gasteiger partial charge in [-0.15, -0.1) is 0 Å². The Morgan fingerprint density at radius 2 is 1.91 bits per heavy atom. The van der Waals surface area contributed by atoms with Gasteiger partial charge in [0.25, 0.3) is 0 Å². The fourth-order valence-corrected chi connectivity index (χ4v) is 2.55. The van der Waals surface area contributed by atoms with Crippen LogP contribution in [-0.4, -0.2) is 51.0 Å². The lowest BCUT2D eigenvalue weighted by atomic mass is 10.00. The number of amides is 1. The number of hydrogen-bond donors (Lipinski definition) is 2. The zero-order chi connectivity index (χ0) is 16.8. The summed E-state index contributed by atoms with van der Waals surface area (Å²) in [6.07, 6.45) is 0.507. The molecule has 0 aromatic heterocycles. The molecular formula is C14H21N2O4S2-. The number of nitrogens with zero attached hydrogens (tertiary/aromatic N) is 1. The fraction of sp³-hybridized carbons (Fsp3) is 0.500. The maximum Gasteiger partial charge on any atom is 0.224 e.